The Labute approximate surface area is 124 Å². The number of nitrogens with zero attached hydrogens (tertiary/aromatic N) is 1. The highest BCUT2D eigenvalue weighted by molar-refractivity contribution is 5.74. The van der Waals surface area contributed by atoms with E-state index in [0.29, 0.717) is 6.29 Å². The predicted octanol–water partition coefficient (Wildman–Crippen LogP) is 3.47. The van der Waals surface area contributed by atoms with Gasteiger partial charge in [-0.2, -0.15) is 13.2 Å². The summed E-state index contributed by atoms with van der Waals surface area (Å²) in [7, 11) is 1.98. The number of hydrogen-bond donors (Lipinski definition) is 1. The molecule has 0 saturated heterocycles. The molecule has 0 bridgehead atoms. The maximum atomic E-state index is 11.9. The minimum atomic E-state index is -4.33. The van der Waals surface area contributed by atoms with Gasteiger partial charge in [-0.15, -0.1) is 0 Å². The summed E-state index contributed by atoms with van der Waals surface area (Å²) in [5.74, 6) is 0. The third kappa shape index (κ3) is 11.0. The highest BCUT2D eigenvalue weighted by atomic mass is 19.4. The molecule has 6 heteroatoms. The Kier molecular flexibility index (Phi) is 12.9. The number of aliphatic hydroxyl groups excluding tert-OH is 1. The molecule has 0 heterocycles. The molecule has 0 amide bonds. The SMILES string of the molecule is CC.CCN(C)CCO.O=Cc1ccc(C(F)(F)F)cc1. The van der Waals surface area contributed by atoms with Crippen molar-refractivity contribution in [1.82, 2.24) is 4.90 Å². The first kappa shape index (κ1) is 21.9. The largest absolute Gasteiger partial charge is 0.416 e. The van der Waals surface area contributed by atoms with Gasteiger partial charge in [-0.25, -0.2) is 0 Å². The van der Waals surface area contributed by atoms with E-state index in [9.17, 15) is 18.0 Å². The van der Waals surface area contributed by atoms with E-state index in [1.165, 1.54) is 0 Å². The van der Waals surface area contributed by atoms with E-state index in [2.05, 4.69) is 11.8 Å². The molecule has 0 saturated carbocycles. The molecule has 1 aromatic carbocycles. The van der Waals surface area contributed by atoms with Crippen LogP contribution < -0.4 is 0 Å². The molecule has 0 spiro atoms. The Morgan fingerprint density at radius 1 is 1.19 bits per heavy atom. The third-order valence-corrected chi connectivity index (χ3v) is 2.40. The van der Waals surface area contributed by atoms with E-state index in [1.807, 2.05) is 20.9 Å². The molecule has 1 rings (SSSR count). The average Bonchev–Trinajstić information content (AvgIpc) is 2.49. The van der Waals surface area contributed by atoms with Gasteiger partial charge in [-0.1, -0.05) is 32.9 Å². The van der Waals surface area contributed by atoms with Crippen molar-refractivity contribution in [3.63, 3.8) is 0 Å². The van der Waals surface area contributed by atoms with Gasteiger partial charge in [0.05, 0.1) is 12.2 Å². The van der Waals surface area contributed by atoms with Crippen LogP contribution in [0.2, 0.25) is 0 Å². The molecule has 0 atom stereocenters. The summed E-state index contributed by atoms with van der Waals surface area (Å²) in [4.78, 5) is 12.1. The van der Waals surface area contributed by atoms with Gasteiger partial charge >= 0.3 is 6.18 Å². The monoisotopic (exact) mass is 307 g/mol. The standard InChI is InChI=1S/C8H5F3O.C5H13NO.C2H6/c9-8(10,11)7-3-1-6(5-12)2-4-7;1-3-6(2)4-5-7;1-2/h1-5H;7H,3-5H2,1-2H3;1-2H3. The second-order valence-electron chi connectivity index (χ2n) is 3.86. The van der Waals surface area contributed by atoms with Gasteiger partial charge < -0.3 is 10.0 Å². The van der Waals surface area contributed by atoms with Crippen LogP contribution in [0.5, 0.6) is 0 Å². The Morgan fingerprint density at radius 3 is 1.90 bits per heavy atom. The van der Waals surface area contributed by atoms with Crippen molar-refractivity contribution in [3.05, 3.63) is 35.4 Å². The molecule has 0 radical (unpaired) electrons. The van der Waals surface area contributed by atoms with Crippen LogP contribution in [-0.2, 0) is 6.18 Å². The maximum Gasteiger partial charge on any atom is 0.416 e. The number of benzene rings is 1. The van der Waals surface area contributed by atoms with Crippen molar-refractivity contribution in [2.24, 2.45) is 0 Å². The van der Waals surface area contributed by atoms with Crippen LogP contribution in [0.1, 0.15) is 36.7 Å². The van der Waals surface area contributed by atoms with E-state index in [-0.39, 0.29) is 12.2 Å². The number of likely N-dealkylation sites (N-methyl/N-ethyl adjacent to an activating group) is 1. The topological polar surface area (TPSA) is 40.5 Å². The smallest absolute Gasteiger partial charge is 0.395 e. The first-order valence-electron chi connectivity index (χ1n) is 6.77. The van der Waals surface area contributed by atoms with Crippen LogP contribution in [-0.4, -0.2) is 43.0 Å². The van der Waals surface area contributed by atoms with Crippen LogP contribution >= 0.6 is 0 Å². The van der Waals surface area contributed by atoms with Gasteiger partial charge in [0.15, 0.2) is 0 Å². The molecule has 0 aliphatic rings. The summed E-state index contributed by atoms with van der Waals surface area (Å²) in [6.07, 6.45) is -3.83. The summed E-state index contributed by atoms with van der Waals surface area (Å²) in [5.41, 5.74) is -0.504. The normalized spacial score (nSPS) is 10.1. The molecule has 21 heavy (non-hydrogen) atoms. The van der Waals surface area contributed by atoms with Crippen molar-refractivity contribution in [3.8, 4) is 0 Å². The van der Waals surface area contributed by atoms with Crippen LogP contribution in [0.4, 0.5) is 13.2 Å². The van der Waals surface area contributed by atoms with Crippen LogP contribution in [0.3, 0.4) is 0 Å². The van der Waals surface area contributed by atoms with E-state index in [1.54, 1.807) is 0 Å². The minimum absolute atomic E-state index is 0.239. The van der Waals surface area contributed by atoms with Gasteiger partial charge in [0.1, 0.15) is 6.29 Å². The van der Waals surface area contributed by atoms with Crippen molar-refractivity contribution in [2.75, 3.05) is 26.7 Å². The van der Waals surface area contributed by atoms with E-state index < -0.39 is 11.7 Å². The molecule has 0 aromatic heterocycles. The number of alkyl halides is 3. The molecular weight excluding hydrogens is 283 g/mol. The summed E-state index contributed by atoms with van der Waals surface area (Å²) in [6, 6.07) is 4.03. The Balaban J connectivity index is 0. The Hall–Kier alpha value is -1.40. The van der Waals surface area contributed by atoms with E-state index in [4.69, 9.17) is 5.11 Å². The lowest BCUT2D eigenvalue weighted by Crippen LogP contribution is -2.20. The third-order valence-electron chi connectivity index (χ3n) is 2.40. The molecule has 0 unspecified atom stereocenters. The molecular formula is C15H24F3NO2. The number of hydrogen-bond acceptors (Lipinski definition) is 3. The molecule has 3 nitrogen and oxygen atoms in total. The van der Waals surface area contributed by atoms with Gasteiger partial charge in [-0.05, 0) is 25.7 Å². The molecule has 0 fully saturated rings. The average molecular weight is 307 g/mol. The fourth-order valence-electron chi connectivity index (χ4n) is 1.08. The molecule has 0 aliphatic carbocycles. The van der Waals surface area contributed by atoms with Gasteiger partial charge in [0, 0.05) is 12.1 Å². The lowest BCUT2D eigenvalue weighted by molar-refractivity contribution is -0.137. The quantitative estimate of drug-likeness (QED) is 0.866. The minimum Gasteiger partial charge on any atom is -0.395 e. The predicted molar refractivity (Wildman–Crippen MR) is 78.4 cm³/mol. The zero-order valence-electron chi connectivity index (χ0n) is 12.9. The van der Waals surface area contributed by atoms with Crippen molar-refractivity contribution in [1.29, 1.82) is 0 Å². The van der Waals surface area contributed by atoms with Gasteiger partial charge in [-0.3, -0.25) is 4.79 Å². The van der Waals surface area contributed by atoms with Crippen molar-refractivity contribution in [2.45, 2.75) is 26.9 Å². The lowest BCUT2D eigenvalue weighted by Gasteiger charge is -2.09. The highest BCUT2D eigenvalue weighted by Gasteiger charge is 2.29. The molecule has 1 aromatic rings. The number of carbonyl (C=O) groups excluding carboxylic acids is 1. The van der Waals surface area contributed by atoms with Crippen LogP contribution in [0.25, 0.3) is 0 Å². The van der Waals surface area contributed by atoms with E-state index >= 15 is 0 Å². The summed E-state index contributed by atoms with van der Waals surface area (Å²) >= 11 is 0. The molecule has 1 N–H and O–H groups in total. The fraction of sp³-hybridized carbons (Fsp3) is 0.533. The maximum absolute atomic E-state index is 11.9. The van der Waals surface area contributed by atoms with Crippen LogP contribution in [0, 0.1) is 0 Å². The first-order chi connectivity index (χ1) is 9.85. The van der Waals surface area contributed by atoms with Crippen LogP contribution in [0.15, 0.2) is 24.3 Å². The number of halogens is 3. The van der Waals surface area contributed by atoms with Crippen molar-refractivity contribution >= 4 is 6.29 Å². The van der Waals surface area contributed by atoms with Gasteiger partial charge in [0.25, 0.3) is 0 Å². The number of aldehydes is 1. The Bertz CT molecular complexity index is 364. The second kappa shape index (κ2) is 12.3. The first-order valence-corrected chi connectivity index (χ1v) is 6.77. The van der Waals surface area contributed by atoms with Crippen molar-refractivity contribution < 1.29 is 23.1 Å². The summed E-state index contributed by atoms with van der Waals surface area (Å²) < 4.78 is 35.8. The molecule has 122 valence electrons. The summed E-state index contributed by atoms with van der Waals surface area (Å²) in [6.45, 7) is 8.14. The lowest BCUT2D eigenvalue weighted by atomic mass is 10.1. The fourth-order valence-corrected chi connectivity index (χ4v) is 1.08. The highest BCUT2D eigenvalue weighted by Crippen LogP contribution is 2.28. The number of carbonyl (C=O) groups is 1. The second-order valence-corrected chi connectivity index (χ2v) is 3.86. The molecule has 0 aliphatic heterocycles. The Morgan fingerprint density at radius 2 is 1.67 bits per heavy atom. The number of aliphatic hydroxyl groups is 1. The van der Waals surface area contributed by atoms with Gasteiger partial charge in [0.2, 0.25) is 0 Å². The zero-order chi connectivity index (χ0) is 16.9. The zero-order valence-corrected chi connectivity index (χ0v) is 12.9. The van der Waals surface area contributed by atoms with E-state index in [0.717, 1.165) is 37.4 Å². The summed E-state index contributed by atoms with van der Waals surface area (Å²) in [5, 5.41) is 8.33. The number of rotatable bonds is 4.